The van der Waals surface area contributed by atoms with E-state index in [9.17, 15) is 9.90 Å². The molecule has 4 heteroatoms. The first-order chi connectivity index (χ1) is 9.65. The Bertz CT molecular complexity index is 304. The Labute approximate surface area is 122 Å². The molecule has 0 spiro atoms. The summed E-state index contributed by atoms with van der Waals surface area (Å²) in [6.45, 7) is 4.56. The van der Waals surface area contributed by atoms with Crippen LogP contribution in [0.4, 0.5) is 0 Å². The molecule has 0 aromatic carbocycles. The van der Waals surface area contributed by atoms with E-state index in [0.717, 1.165) is 19.3 Å². The van der Waals surface area contributed by atoms with E-state index in [1.807, 2.05) is 0 Å². The number of fused-ring (bicyclic) bond motifs is 1. The lowest BCUT2D eigenvalue weighted by molar-refractivity contribution is -0.123. The fourth-order valence-corrected chi connectivity index (χ4v) is 3.85. The average molecular weight is 282 g/mol. The SMILES string of the molecule is CCC(CC)C(O)CNC(=O)C1CC2CCCCC2N1. The Hall–Kier alpha value is -0.610. The van der Waals surface area contributed by atoms with E-state index >= 15 is 0 Å². The second kappa shape index (κ2) is 7.41. The number of aliphatic hydroxyl groups excluding tert-OH is 1. The minimum Gasteiger partial charge on any atom is -0.391 e. The zero-order chi connectivity index (χ0) is 14.5. The Morgan fingerprint density at radius 1 is 1.30 bits per heavy atom. The summed E-state index contributed by atoms with van der Waals surface area (Å²) in [4.78, 5) is 12.2. The molecule has 1 aliphatic heterocycles. The first kappa shape index (κ1) is 15.8. The summed E-state index contributed by atoms with van der Waals surface area (Å²) in [5, 5.41) is 16.5. The van der Waals surface area contributed by atoms with E-state index < -0.39 is 6.10 Å². The highest BCUT2D eigenvalue weighted by Crippen LogP contribution is 2.33. The predicted molar refractivity (Wildman–Crippen MR) is 80.4 cm³/mol. The molecule has 1 saturated carbocycles. The van der Waals surface area contributed by atoms with E-state index in [2.05, 4.69) is 24.5 Å². The highest BCUT2D eigenvalue weighted by atomic mass is 16.3. The highest BCUT2D eigenvalue weighted by Gasteiger charge is 2.38. The number of hydrogen-bond donors (Lipinski definition) is 3. The molecule has 1 amide bonds. The van der Waals surface area contributed by atoms with E-state index in [0.29, 0.717) is 18.5 Å². The van der Waals surface area contributed by atoms with Gasteiger partial charge in [0.2, 0.25) is 5.91 Å². The van der Waals surface area contributed by atoms with Crippen molar-refractivity contribution in [3.63, 3.8) is 0 Å². The maximum atomic E-state index is 12.2. The van der Waals surface area contributed by atoms with Crippen LogP contribution in [0.5, 0.6) is 0 Å². The van der Waals surface area contributed by atoms with Crippen LogP contribution < -0.4 is 10.6 Å². The molecule has 4 nitrogen and oxygen atoms in total. The molecule has 4 unspecified atom stereocenters. The van der Waals surface area contributed by atoms with Crippen molar-refractivity contribution in [2.24, 2.45) is 11.8 Å². The van der Waals surface area contributed by atoms with Gasteiger partial charge in [-0.25, -0.2) is 0 Å². The number of carbonyl (C=O) groups is 1. The smallest absolute Gasteiger partial charge is 0.237 e. The molecule has 2 fully saturated rings. The van der Waals surface area contributed by atoms with E-state index in [1.165, 1.54) is 25.7 Å². The topological polar surface area (TPSA) is 61.4 Å². The van der Waals surface area contributed by atoms with Crippen molar-refractivity contribution in [1.82, 2.24) is 10.6 Å². The van der Waals surface area contributed by atoms with Crippen molar-refractivity contribution in [3.8, 4) is 0 Å². The molecule has 2 rings (SSSR count). The number of nitrogens with one attached hydrogen (secondary N) is 2. The van der Waals surface area contributed by atoms with Gasteiger partial charge < -0.3 is 15.7 Å². The molecule has 2 aliphatic rings. The molecule has 0 aromatic rings. The van der Waals surface area contributed by atoms with Gasteiger partial charge >= 0.3 is 0 Å². The summed E-state index contributed by atoms with van der Waals surface area (Å²) < 4.78 is 0. The Morgan fingerprint density at radius 3 is 2.65 bits per heavy atom. The third kappa shape index (κ3) is 3.73. The molecular weight excluding hydrogens is 252 g/mol. The molecule has 116 valence electrons. The molecule has 0 bridgehead atoms. The van der Waals surface area contributed by atoms with Crippen LogP contribution in [0.3, 0.4) is 0 Å². The van der Waals surface area contributed by atoms with E-state index in [4.69, 9.17) is 0 Å². The summed E-state index contributed by atoms with van der Waals surface area (Å²) >= 11 is 0. The minimum atomic E-state index is -0.419. The standard InChI is InChI=1S/C16H30N2O2/c1-3-11(4-2)15(19)10-17-16(20)14-9-12-7-5-6-8-13(12)18-14/h11-15,18-19H,3-10H2,1-2H3,(H,17,20). The van der Waals surface area contributed by atoms with Crippen molar-refractivity contribution >= 4 is 5.91 Å². The maximum absolute atomic E-state index is 12.2. The van der Waals surface area contributed by atoms with Crippen LogP contribution in [0.25, 0.3) is 0 Å². The summed E-state index contributed by atoms with van der Waals surface area (Å²) in [5.74, 6) is 1.04. The third-order valence-electron chi connectivity index (χ3n) is 5.26. The molecule has 20 heavy (non-hydrogen) atoms. The van der Waals surface area contributed by atoms with Gasteiger partial charge in [0.15, 0.2) is 0 Å². The number of hydrogen-bond acceptors (Lipinski definition) is 3. The molecule has 4 atom stereocenters. The van der Waals surface area contributed by atoms with Crippen molar-refractivity contribution in [2.75, 3.05) is 6.54 Å². The van der Waals surface area contributed by atoms with Crippen LogP contribution >= 0.6 is 0 Å². The first-order valence-corrected chi connectivity index (χ1v) is 8.37. The number of aliphatic hydroxyl groups is 1. The first-order valence-electron chi connectivity index (χ1n) is 8.37. The van der Waals surface area contributed by atoms with Gasteiger partial charge in [-0.3, -0.25) is 4.79 Å². The number of carbonyl (C=O) groups excluding carboxylic acids is 1. The maximum Gasteiger partial charge on any atom is 0.237 e. The molecular formula is C16H30N2O2. The molecule has 3 N–H and O–H groups in total. The monoisotopic (exact) mass is 282 g/mol. The van der Waals surface area contributed by atoms with Gasteiger partial charge in [0.25, 0.3) is 0 Å². The lowest BCUT2D eigenvalue weighted by Crippen LogP contribution is -2.46. The molecule has 1 heterocycles. The van der Waals surface area contributed by atoms with Gasteiger partial charge in [-0.1, -0.05) is 39.5 Å². The molecule has 1 saturated heterocycles. The van der Waals surface area contributed by atoms with Gasteiger partial charge in [-0.05, 0) is 31.1 Å². The molecule has 0 aromatic heterocycles. The predicted octanol–water partition coefficient (Wildman–Crippen LogP) is 1.82. The number of rotatable bonds is 6. The number of amides is 1. The van der Waals surface area contributed by atoms with Crippen LogP contribution in [-0.2, 0) is 4.79 Å². The second-order valence-electron chi connectivity index (χ2n) is 6.50. The van der Waals surface area contributed by atoms with Gasteiger partial charge in [0, 0.05) is 12.6 Å². The van der Waals surface area contributed by atoms with Crippen LogP contribution in [0.1, 0.15) is 58.8 Å². The zero-order valence-electron chi connectivity index (χ0n) is 12.9. The van der Waals surface area contributed by atoms with Crippen molar-refractivity contribution in [1.29, 1.82) is 0 Å². The van der Waals surface area contributed by atoms with Crippen LogP contribution in [0, 0.1) is 11.8 Å². The van der Waals surface area contributed by atoms with Crippen molar-refractivity contribution in [3.05, 3.63) is 0 Å². The lowest BCUT2D eigenvalue weighted by Gasteiger charge is -2.24. The highest BCUT2D eigenvalue weighted by molar-refractivity contribution is 5.82. The average Bonchev–Trinajstić information content (AvgIpc) is 2.90. The summed E-state index contributed by atoms with van der Waals surface area (Å²) in [5.41, 5.74) is 0. The normalized spacial score (nSPS) is 31.1. The van der Waals surface area contributed by atoms with E-state index in [1.54, 1.807) is 0 Å². The van der Waals surface area contributed by atoms with Gasteiger partial charge in [-0.15, -0.1) is 0 Å². The fraction of sp³-hybridized carbons (Fsp3) is 0.938. The van der Waals surface area contributed by atoms with Crippen LogP contribution in [0.15, 0.2) is 0 Å². The van der Waals surface area contributed by atoms with Crippen molar-refractivity contribution < 1.29 is 9.90 Å². The van der Waals surface area contributed by atoms with Gasteiger partial charge in [0.1, 0.15) is 0 Å². The third-order valence-corrected chi connectivity index (χ3v) is 5.26. The molecule has 0 radical (unpaired) electrons. The quantitative estimate of drug-likeness (QED) is 0.696. The van der Waals surface area contributed by atoms with Gasteiger partial charge in [0.05, 0.1) is 12.1 Å². The van der Waals surface area contributed by atoms with E-state index in [-0.39, 0.29) is 17.9 Å². The summed E-state index contributed by atoms with van der Waals surface area (Å²) in [7, 11) is 0. The zero-order valence-corrected chi connectivity index (χ0v) is 12.9. The largest absolute Gasteiger partial charge is 0.391 e. The van der Waals surface area contributed by atoms with Crippen LogP contribution in [0.2, 0.25) is 0 Å². The van der Waals surface area contributed by atoms with Crippen LogP contribution in [-0.4, -0.2) is 35.7 Å². The molecule has 1 aliphatic carbocycles. The summed E-state index contributed by atoms with van der Waals surface area (Å²) in [6.07, 6.45) is 7.54. The lowest BCUT2D eigenvalue weighted by atomic mass is 9.85. The summed E-state index contributed by atoms with van der Waals surface area (Å²) in [6, 6.07) is 0.500. The second-order valence-corrected chi connectivity index (χ2v) is 6.50. The van der Waals surface area contributed by atoms with Gasteiger partial charge in [-0.2, -0.15) is 0 Å². The Balaban J connectivity index is 1.75. The minimum absolute atomic E-state index is 0.0444. The van der Waals surface area contributed by atoms with Crippen molar-refractivity contribution in [2.45, 2.75) is 77.0 Å². The Kier molecular flexibility index (Phi) is 5.85. The Morgan fingerprint density at radius 2 is 2.00 bits per heavy atom. The fourth-order valence-electron chi connectivity index (χ4n) is 3.85.